The number of hydrogen-bond acceptors (Lipinski definition) is 3. The van der Waals surface area contributed by atoms with Gasteiger partial charge in [-0.05, 0) is 48.1 Å². The molecule has 1 aliphatic heterocycles. The normalized spacial score (nSPS) is 20.0. The maximum Gasteiger partial charge on any atom is 0.325 e. The minimum Gasteiger partial charge on any atom is -0.480 e. The fraction of sp³-hybridized carbons (Fsp3) is 0.312. The molecule has 1 aromatic heterocycles. The molecule has 0 bridgehead atoms. The van der Waals surface area contributed by atoms with Gasteiger partial charge in [-0.25, -0.2) is 4.39 Å². The van der Waals surface area contributed by atoms with Crippen molar-refractivity contribution in [3.8, 4) is 0 Å². The highest BCUT2D eigenvalue weighted by Crippen LogP contribution is 2.38. The molecule has 0 amide bonds. The topological polar surface area (TPSA) is 40.5 Å². The fourth-order valence-corrected chi connectivity index (χ4v) is 3.89. The summed E-state index contributed by atoms with van der Waals surface area (Å²) in [6.45, 7) is 2.60. The van der Waals surface area contributed by atoms with E-state index in [4.69, 9.17) is 0 Å². The van der Waals surface area contributed by atoms with Crippen molar-refractivity contribution in [3.63, 3.8) is 0 Å². The highest BCUT2D eigenvalue weighted by molar-refractivity contribution is 7.10. The molecule has 2 atom stereocenters. The van der Waals surface area contributed by atoms with Gasteiger partial charge in [-0.1, -0.05) is 12.1 Å². The summed E-state index contributed by atoms with van der Waals surface area (Å²) in [5.41, 5.74) is 1.68. The van der Waals surface area contributed by atoms with Gasteiger partial charge in [-0.3, -0.25) is 9.69 Å². The second kappa shape index (κ2) is 5.58. The molecule has 3 rings (SSSR count). The van der Waals surface area contributed by atoms with E-state index >= 15 is 0 Å². The quantitative estimate of drug-likeness (QED) is 0.941. The highest BCUT2D eigenvalue weighted by Gasteiger charge is 2.36. The van der Waals surface area contributed by atoms with Crippen LogP contribution in [0.15, 0.2) is 35.7 Å². The standard InChI is InChI=1S/C16H16FNO2S/c1-10(11-3-2-4-12(17)9-11)18-7-5-14-13(6-8-21-14)15(18)16(19)20/h2-4,6,8-10,15H,5,7H2,1H3,(H,19,20). The van der Waals surface area contributed by atoms with Gasteiger partial charge in [0.25, 0.3) is 0 Å². The summed E-state index contributed by atoms with van der Waals surface area (Å²) < 4.78 is 13.4. The smallest absolute Gasteiger partial charge is 0.325 e. The lowest BCUT2D eigenvalue weighted by molar-refractivity contribution is -0.145. The van der Waals surface area contributed by atoms with Gasteiger partial charge < -0.3 is 5.11 Å². The number of halogens is 1. The Kier molecular flexibility index (Phi) is 3.78. The van der Waals surface area contributed by atoms with E-state index in [1.54, 1.807) is 17.4 Å². The Morgan fingerprint density at radius 3 is 3.00 bits per heavy atom. The van der Waals surface area contributed by atoms with Crippen LogP contribution in [0.25, 0.3) is 0 Å². The van der Waals surface area contributed by atoms with Crippen molar-refractivity contribution >= 4 is 17.3 Å². The lowest BCUT2D eigenvalue weighted by Crippen LogP contribution is -2.40. The maximum absolute atomic E-state index is 13.4. The van der Waals surface area contributed by atoms with E-state index in [9.17, 15) is 14.3 Å². The molecule has 1 aromatic carbocycles. The number of thiophene rings is 1. The maximum atomic E-state index is 13.4. The van der Waals surface area contributed by atoms with Gasteiger partial charge in [0.05, 0.1) is 0 Å². The summed E-state index contributed by atoms with van der Waals surface area (Å²) >= 11 is 1.61. The van der Waals surface area contributed by atoms with Gasteiger partial charge in [-0.2, -0.15) is 0 Å². The predicted molar refractivity (Wildman–Crippen MR) is 79.9 cm³/mol. The molecule has 2 heterocycles. The molecule has 0 saturated heterocycles. The third kappa shape index (κ3) is 2.59. The van der Waals surface area contributed by atoms with Crippen molar-refractivity contribution in [2.45, 2.75) is 25.4 Å². The Hall–Kier alpha value is -1.72. The number of carboxylic acid groups (broad SMARTS) is 1. The number of aliphatic carboxylic acids is 1. The second-order valence-corrected chi connectivity index (χ2v) is 6.26. The fourth-order valence-electron chi connectivity index (χ4n) is 2.99. The molecule has 0 aliphatic carbocycles. The molecule has 1 N–H and O–H groups in total. The van der Waals surface area contributed by atoms with Crippen LogP contribution in [-0.4, -0.2) is 22.5 Å². The van der Waals surface area contributed by atoms with Crippen molar-refractivity contribution in [1.29, 1.82) is 0 Å². The van der Waals surface area contributed by atoms with Gasteiger partial charge >= 0.3 is 5.97 Å². The van der Waals surface area contributed by atoms with Crippen LogP contribution in [0, 0.1) is 5.82 Å². The monoisotopic (exact) mass is 305 g/mol. The third-order valence-corrected chi connectivity index (χ3v) is 5.06. The predicted octanol–water partition coefficient (Wildman–Crippen LogP) is 3.63. The Balaban J connectivity index is 1.96. The van der Waals surface area contributed by atoms with Gasteiger partial charge in [0.15, 0.2) is 0 Å². The molecule has 0 saturated carbocycles. The lowest BCUT2D eigenvalue weighted by Gasteiger charge is -2.37. The van der Waals surface area contributed by atoms with Crippen LogP contribution in [0.5, 0.6) is 0 Å². The number of carboxylic acids is 1. The summed E-state index contributed by atoms with van der Waals surface area (Å²) in [6, 6.07) is 7.48. The molecule has 2 unspecified atom stereocenters. The molecule has 2 aromatic rings. The van der Waals surface area contributed by atoms with E-state index in [1.165, 1.54) is 12.1 Å². The van der Waals surface area contributed by atoms with Crippen LogP contribution in [0.3, 0.4) is 0 Å². The van der Waals surface area contributed by atoms with Crippen molar-refractivity contribution in [1.82, 2.24) is 4.90 Å². The molecule has 3 nitrogen and oxygen atoms in total. The lowest BCUT2D eigenvalue weighted by atomic mass is 9.95. The summed E-state index contributed by atoms with van der Waals surface area (Å²) in [7, 11) is 0. The molecule has 0 fully saturated rings. The average molecular weight is 305 g/mol. The van der Waals surface area contributed by atoms with Crippen molar-refractivity contribution < 1.29 is 14.3 Å². The Labute approximate surface area is 126 Å². The van der Waals surface area contributed by atoms with Crippen LogP contribution in [0.1, 0.15) is 35.0 Å². The number of rotatable bonds is 3. The molecule has 0 radical (unpaired) electrons. The molecule has 5 heteroatoms. The molecule has 1 aliphatic rings. The Bertz CT molecular complexity index is 670. The van der Waals surface area contributed by atoms with Gasteiger partial charge in [0, 0.05) is 17.5 Å². The molecule has 110 valence electrons. The molecular weight excluding hydrogens is 289 g/mol. The number of benzene rings is 1. The van der Waals surface area contributed by atoms with E-state index in [-0.39, 0.29) is 11.9 Å². The van der Waals surface area contributed by atoms with Crippen LogP contribution >= 0.6 is 11.3 Å². The summed E-state index contributed by atoms with van der Waals surface area (Å²) in [6.07, 6.45) is 0.844. The first-order chi connectivity index (χ1) is 10.1. The summed E-state index contributed by atoms with van der Waals surface area (Å²) in [5.74, 6) is -1.14. The number of hydrogen-bond donors (Lipinski definition) is 1. The summed E-state index contributed by atoms with van der Waals surface area (Å²) in [5, 5.41) is 11.6. The number of carbonyl (C=O) groups is 1. The van der Waals surface area contributed by atoms with Gasteiger partial charge in [0.2, 0.25) is 0 Å². The van der Waals surface area contributed by atoms with E-state index in [1.807, 2.05) is 29.3 Å². The minimum atomic E-state index is -0.849. The van der Waals surface area contributed by atoms with Crippen LogP contribution in [-0.2, 0) is 11.2 Å². The number of nitrogens with zero attached hydrogens (tertiary/aromatic N) is 1. The van der Waals surface area contributed by atoms with Crippen molar-refractivity contribution in [2.24, 2.45) is 0 Å². The Morgan fingerprint density at radius 2 is 2.29 bits per heavy atom. The summed E-state index contributed by atoms with van der Waals surface area (Å²) in [4.78, 5) is 14.8. The Morgan fingerprint density at radius 1 is 1.48 bits per heavy atom. The van der Waals surface area contributed by atoms with Crippen molar-refractivity contribution in [2.75, 3.05) is 6.54 Å². The SMILES string of the molecule is CC(c1cccc(F)c1)N1CCc2sccc2C1C(=O)O. The molecular formula is C16H16FNO2S. The highest BCUT2D eigenvalue weighted by atomic mass is 32.1. The zero-order valence-electron chi connectivity index (χ0n) is 11.6. The zero-order valence-corrected chi connectivity index (χ0v) is 12.4. The number of fused-ring (bicyclic) bond motifs is 1. The first-order valence-corrected chi connectivity index (χ1v) is 7.76. The minimum absolute atomic E-state index is 0.144. The molecule has 0 spiro atoms. The van der Waals surface area contributed by atoms with E-state index < -0.39 is 12.0 Å². The largest absolute Gasteiger partial charge is 0.480 e. The van der Waals surface area contributed by atoms with E-state index in [0.29, 0.717) is 6.54 Å². The average Bonchev–Trinajstić information content (AvgIpc) is 2.93. The van der Waals surface area contributed by atoms with Crippen LogP contribution in [0.2, 0.25) is 0 Å². The third-order valence-electron chi connectivity index (χ3n) is 4.07. The van der Waals surface area contributed by atoms with Crippen LogP contribution in [0.4, 0.5) is 4.39 Å². The second-order valence-electron chi connectivity index (χ2n) is 5.26. The van der Waals surface area contributed by atoms with Crippen molar-refractivity contribution in [3.05, 3.63) is 57.5 Å². The van der Waals surface area contributed by atoms with Crippen LogP contribution < -0.4 is 0 Å². The van der Waals surface area contributed by atoms with Gasteiger partial charge in [0.1, 0.15) is 11.9 Å². The first kappa shape index (κ1) is 14.2. The molecule has 21 heavy (non-hydrogen) atoms. The van der Waals surface area contributed by atoms with E-state index in [2.05, 4.69) is 0 Å². The first-order valence-electron chi connectivity index (χ1n) is 6.88. The van der Waals surface area contributed by atoms with Gasteiger partial charge in [-0.15, -0.1) is 11.3 Å². The zero-order chi connectivity index (χ0) is 15.0. The van der Waals surface area contributed by atoms with E-state index in [0.717, 1.165) is 22.4 Å².